The maximum absolute atomic E-state index is 6.10. The maximum Gasteiger partial charge on any atom is 0.162 e. The zero-order chi connectivity index (χ0) is 11.3. The van der Waals surface area contributed by atoms with Gasteiger partial charge in [0.1, 0.15) is 0 Å². The van der Waals surface area contributed by atoms with E-state index in [9.17, 15) is 0 Å². The summed E-state index contributed by atoms with van der Waals surface area (Å²) in [5.41, 5.74) is 1.05. The molecule has 0 fully saturated rings. The molecular weight excluding hydrogens is 212 g/mol. The molecule has 1 aromatic carbocycles. The van der Waals surface area contributed by atoms with Gasteiger partial charge in [0.15, 0.2) is 11.5 Å². The third-order valence-electron chi connectivity index (χ3n) is 2.17. The van der Waals surface area contributed by atoms with Gasteiger partial charge in [0.25, 0.3) is 0 Å². The summed E-state index contributed by atoms with van der Waals surface area (Å²) in [4.78, 5) is 0. The van der Waals surface area contributed by atoms with Crippen LogP contribution in [0.3, 0.4) is 0 Å². The summed E-state index contributed by atoms with van der Waals surface area (Å²) in [6.07, 6.45) is 3.63. The minimum Gasteiger partial charge on any atom is -0.493 e. The molecule has 0 unspecified atom stereocenters. The van der Waals surface area contributed by atoms with Crippen LogP contribution >= 0.6 is 11.6 Å². The van der Waals surface area contributed by atoms with Crippen LogP contribution in [0.2, 0.25) is 5.02 Å². The van der Waals surface area contributed by atoms with Crippen LogP contribution in [0.4, 0.5) is 0 Å². The van der Waals surface area contributed by atoms with Crippen LogP contribution in [0.5, 0.6) is 11.5 Å². The van der Waals surface area contributed by atoms with E-state index >= 15 is 0 Å². The molecule has 15 heavy (non-hydrogen) atoms. The number of hydrogen-bond acceptors (Lipinski definition) is 2. The summed E-state index contributed by atoms with van der Waals surface area (Å²) in [6, 6.07) is 3.68. The lowest BCUT2D eigenvalue weighted by molar-refractivity contribution is 0.354. The molecule has 0 radical (unpaired) electrons. The SMILES string of the molecule is C=CCCc1cc(OC)c(OC)cc1Cl. The van der Waals surface area contributed by atoms with Crippen LogP contribution in [0.25, 0.3) is 0 Å². The van der Waals surface area contributed by atoms with Gasteiger partial charge < -0.3 is 9.47 Å². The van der Waals surface area contributed by atoms with Gasteiger partial charge in [-0.15, -0.1) is 6.58 Å². The van der Waals surface area contributed by atoms with Gasteiger partial charge in [-0.25, -0.2) is 0 Å². The van der Waals surface area contributed by atoms with Gasteiger partial charge in [0.05, 0.1) is 14.2 Å². The Morgan fingerprint density at radius 2 is 1.87 bits per heavy atom. The topological polar surface area (TPSA) is 18.5 Å². The van der Waals surface area contributed by atoms with Crippen molar-refractivity contribution in [2.45, 2.75) is 12.8 Å². The average Bonchev–Trinajstić information content (AvgIpc) is 2.27. The summed E-state index contributed by atoms with van der Waals surface area (Å²) in [5.74, 6) is 1.37. The van der Waals surface area contributed by atoms with Gasteiger partial charge in [-0.2, -0.15) is 0 Å². The monoisotopic (exact) mass is 226 g/mol. The molecule has 0 bridgehead atoms. The van der Waals surface area contributed by atoms with Crippen molar-refractivity contribution >= 4 is 11.6 Å². The normalized spacial score (nSPS) is 9.80. The Kier molecular flexibility index (Phi) is 4.50. The first kappa shape index (κ1) is 11.9. The number of allylic oxidation sites excluding steroid dienone is 1. The lowest BCUT2D eigenvalue weighted by Crippen LogP contribution is -1.94. The Hall–Kier alpha value is -1.15. The standard InChI is InChI=1S/C12H15ClO2/c1-4-5-6-9-7-11(14-2)12(15-3)8-10(9)13/h4,7-8H,1,5-6H2,2-3H3. The molecule has 0 saturated heterocycles. The van der Waals surface area contributed by atoms with Gasteiger partial charge in [-0.3, -0.25) is 0 Å². The maximum atomic E-state index is 6.10. The van der Waals surface area contributed by atoms with Gasteiger partial charge in [-0.05, 0) is 24.5 Å². The van der Waals surface area contributed by atoms with Crippen molar-refractivity contribution in [2.75, 3.05) is 14.2 Å². The molecule has 0 aliphatic rings. The van der Waals surface area contributed by atoms with Crippen molar-refractivity contribution in [3.63, 3.8) is 0 Å². The summed E-state index contributed by atoms with van der Waals surface area (Å²) in [7, 11) is 3.21. The highest BCUT2D eigenvalue weighted by Gasteiger charge is 2.08. The van der Waals surface area contributed by atoms with E-state index in [-0.39, 0.29) is 0 Å². The lowest BCUT2D eigenvalue weighted by Gasteiger charge is -2.11. The minimum atomic E-state index is 0.657. The number of ether oxygens (including phenoxy) is 2. The van der Waals surface area contributed by atoms with Crippen molar-refractivity contribution in [2.24, 2.45) is 0 Å². The Morgan fingerprint density at radius 1 is 1.27 bits per heavy atom. The Morgan fingerprint density at radius 3 is 2.40 bits per heavy atom. The highest BCUT2D eigenvalue weighted by molar-refractivity contribution is 6.31. The highest BCUT2D eigenvalue weighted by atomic mass is 35.5. The van der Waals surface area contributed by atoms with Crippen LogP contribution in [-0.2, 0) is 6.42 Å². The van der Waals surface area contributed by atoms with E-state index < -0.39 is 0 Å². The first-order chi connectivity index (χ1) is 7.22. The molecule has 0 atom stereocenters. The van der Waals surface area contributed by atoms with E-state index in [4.69, 9.17) is 21.1 Å². The first-order valence-electron chi connectivity index (χ1n) is 4.74. The summed E-state index contributed by atoms with van der Waals surface area (Å²) in [6.45, 7) is 3.68. The Bertz CT molecular complexity index is 348. The van der Waals surface area contributed by atoms with Crippen molar-refractivity contribution in [1.29, 1.82) is 0 Å². The largest absolute Gasteiger partial charge is 0.493 e. The smallest absolute Gasteiger partial charge is 0.162 e. The molecule has 0 saturated carbocycles. The molecule has 0 aromatic heterocycles. The molecule has 0 amide bonds. The zero-order valence-electron chi connectivity index (χ0n) is 9.05. The number of rotatable bonds is 5. The van der Waals surface area contributed by atoms with E-state index in [0.717, 1.165) is 18.4 Å². The quantitative estimate of drug-likeness (QED) is 0.716. The van der Waals surface area contributed by atoms with Gasteiger partial charge >= 0.3 is 0 Å². The summed E-state index contributed by atoms with van der Waals surface area (Å²) in [5, 5.41) is 0.703. The van der Waals surface area contributed by atoms with E-state index in [1.807, 2.05) is 12.1 Å². The molecule has 0 spiro atoms. The van der Waals surface area contributed by atoms with E-state index in [2.05, 4.69) is 6.58 Å². The number of aryl methyl sites for hydroxylation is 1. The predicted octanol–water partition coefficient (Wildman–Crippen LogP) is 3.48. The molecule has 3 heteroatoms. The van der Waals surface area contributed by atoms with E-state index in [0.29, 0.717) is 16.5 Å². The van der Waals surface area contributed by atoms with Crippen LogP contribution in [0.15, 0.2) is 24.8 Å². The summed E-state index contributed by atoms with van der Waals surface area (Å²) < 4.78 is 10.3. The second-order valence-electron chi connectivity index (χ2n) is 3.13. The van der Waals surface area contributed by atoms with Crippen LogP contribution in [-0.4, -0.2) is 14.2 Å². The Balaban J connectivity index is 3.02. The van der Waals surface area contributed by atoms with Gasteiger partial charge in [0, 0.05) is 11.1 Å². The van der Waals surface area contributed by atoms with Crippen molar-refractivity contribution < 1.29 is 9.47 Å². The van der Waals surface area contributed by atoms with Gasteiger partial charge in [-0.1, -0.05) is 17.7 Å². The second kappa shape index (κ2) is 5.66. The number of methoxy groups -OCH3 is 2. The summed E-state index contributed by atoms with van der Waals surface area (Å²) >= 11 is 6.10. The van der Waals surface area contributed by atoms with Crippen LogP contribution in [0.1, 0.15) is 12.0 Å². The fourth-order valence-corrected chi connectivity index (χ4v) is 1.59. The predicted molar refractivity (Wildman–Crippen MR) is 63.1 cm³/mol. The second-order valence-corrected chi connectivity index (χ2v) is 3.53. The molecule has 0 N–H and O–H groups in total. The molecule has 0 aliphatic carbocycles. The third-order valence-corrected chi connectivity index (χ3v) is 2.52. The Labute approximate surface area is 95.5 Å². The molecule has 1 rings (SSSR count). The molecule has 0 aliphatic heterocycles. The fourth-order valence-electron chi connectivity index (χ4n) is 1.35. The first-order valence-corrected chi connectivity index (χ1v) is 5.12. The van der Waals surface area contributed by atoms with Crippen LogP contribution < -0.4 is 9.47 Å². The van der Waals surface area contributed by atoms with Crippen molar-refractivity contribution in [3.8, 4) is 11.5 Å². The van der Waals surface area contributed by atoms with Crippen molar-refractivity contribution in [1.82, 2.24) is 0 Å². The highest BCUT2D eigenvalue weighted by Crippen LogP contribution is 2.33. The minimum absolute atomic E-state index is 0.657. The molecule has 82 valence electrons. The third kappa shape index (κ3) is 2.90. The lowest BCUT2D eigenvalue weighted by atomic mass is 10.1. The number of halogens is 1. The van der Waals surface area contributed by atoms with E-state index in [1.54, 1.807) is 20.3 Å². The van der Waals surface area contributed by atoms with Crippen molar-refractivity contribution in [3.05, 3.63) is 35.4 Å². The molecule has 0 heterocycles. The van der Waals surface area contributed by atoms with Crippen LogP contribution in [0, 0.1) is 0 Å². The molecule has 1 aromatic rings. The average molecular weight is 227 g/mol. The van der Waals surface area contributed by atoms with E-state index in [1.165, 1.54) is 0 Å². The number of benzene rings is 1. The van der Waals surface area contributed by atoms with Gasteiger partial charge in [0.2, 0.25) is 0 Å². The molecular formula is C12H15ClO2. The molecule has 2 nitrogen and oxygen atoms in total. The number of hydrogen-bond donors (Lipinski definition) is 0. The zero-order valence-corrected chi connectivity index (χ0v) is 9.80. The fraction of sp³-hybridized carbons (Fsp3) is 0.333.